The predicted octanol–water partition coefficient (Wildman–Crippen LogP) is 2.67. The van der Waals surface area contributed by atoms with Gasteiger partial charge in [0.25, 0.3) is 0 Å². The second-order valence-electron chi connectivity index (χ2n) is 5.67. The van der Waals surface area contributed by atoms with Crippen LogP contribution in [-0.4, -0.2) is 34.0 Å². The molecule has 1 rings (SSSR count). The minimum absolute atomic E-state index is 0.0112. The van der Waals surface area contributed by atoms with Crippen LogP contribution in [0, 0.1) is 5.92 Å². The highest BCUT2D eigenvalue weighted by molar-refractivity contribution is 5.87. The summed E-state index contributed by atoms with van der Waals surface area (Å²) in [6.45, 7) is 6.73. The van der Waals surface area contributed by atoms with E-state index in [9.17, 15) is 14.7 Å². The molecule has 0 spiro atoms. The molecule has 1 aliphatic rings. The summed E-state index contributed by atoms with van der Waals surface area (Å²) in [5, 5.41) is 9.50. The number of rotatable bonds is 6. The molecule has 1 amide bonds. The molecule has 0 aromatic rings. The summed E-state index contributed by atoms with van der Waals surface area (Å²) < 4.78 is 0. The lowest BCUT2D eigenvalue weighted by molar-refractivity contribution is -0.157. The Kier molecular flexibility index (Phi) is 5.17. The van der Waals surface area contributed by atoms with E-state index < -0.39 is 11.5 Å². The van der Waals surface area contributed by atoms with Gasteiger partial charge in [-0.05, 0) is 31.6 Å². The van der Waals surface area contributed by atoms with Crippen molar-refractivity contribution >= 4 is 11.9 Å². The number of hydrogen-bond donors (Lipinski definition) is 1. The highest BCUT2D eigenvalue weighted by Crippen LogP contribution is 2.34. The van der Waals surface area contributed by atoms with Crippen molar-refractivity contribution in [1.29, 1.82) is 0 Å². The molecule has 0 radical (unpaired) electrons. The van der Waals surface area contributed by atoms with Crippen LogP contribution >= 0.6 is 0 Å². The van der Waals surface area contributed by atoms with Crippen molar-refractivity contribution in [3.8, 4) is 0 Å². The molecule has 0 aliphatic carbocycles. The van der Waals surface area contributed by atoms with Gasteiger partial charge in [0, 0.05) is 13.0 Å². The van der Waals surface area contributed by atoms with Gasteiger partial charge < -0.3 is 10.0 Å². The molecule has 1 aliphatic heterocycles. The average Bonchev–Trinajstić information content (AvgIpc) is 2.71. The maximum Gasteiger partial charge on any atom is 0.329 e. The number of carbonyl (C=O) groups is 2. The van der Waals surface area contributed by atoms with E-state index >= 15 is 0 Å². The van der Waals surface area contributed by atoms with Gasteiger partial charge in [0.15, 0.2) is 0 Å². The molecule has 1 atom stereocenters. The highest BCUT2D eigenvalue weighted by atomic mass is 16.4. The van der Waals surface area contributed by atoms with Gasteiger partial charge in [-0.25, -0.2) is 4.79 Å². The number of aliphatic carboxylic acids is 1. The molecule has 104 valence electrons. The largest absolute Gasteiger partial charge is 0.479 e. The molecule has 18 heavy (non-hydrogen) atoms. The van der Waals surface area contributed by atoms with Crippen molar-refractivity contribution in [3.63, 3.8) is 0 Å². The van der Waals surface area contributed by atoms with Crippen LogP contribution in [0.25, 0.3) is 0 Å². The fourth-order valence-electron chi connectivity index (χ4n) is 2.79. The van der Waals surface area contributed by atoms with Gasteiger partial charge in [-0.1, -0.05) is 27.2 Å². The quantitative estimate of drug-likeness (QED) is 0.793. The summed E-state index contributed by atoms with van der Waals surface area (Å²) in [5.41, 5.74) is -0.928. The van der Waals surface area contributed by atoms with E-state index in [1.165, 1.54) is 0 Å². The van der Waals surface area contributed by atoms with Crippen LogP contribution in [0.15, 0.2) is 0 Å². The van der Waals surface area contributed by atoms with E-state index in [0.717, 1.165) is 19.3 Å². The lowest BCUT2D eigenvalue weighted by atomic mass is 9.90. The summed E-state index contributed by atoms with van der Waals surface area (Å²) >= 11 is 0. The SMILES string of the molecule is CCCC1(C(=O)O)CCCN1C(=O)CCC(C)C. The van der Waals surface area contributed by atoms with Crippen LogP contribution in [0.3, 0.4) is 0 Å². The molecule has 0 saturated carbocycles. The third-order valence-electron chi connectivity index (χ3n) is 3.79. The Labute approximate surface area is 109 Å². The highest BCUT2D eigenvalue weighted by Gasteiger charge is 2.48. The predicted molar refractivity (Wildman–Crippen MR) is 70.3 cm³/mol. The summed E-state index contributed by atoms with van der Waals surface area (Å²) in [6, 6.07) is 0. The van der Waals surface area contributed by atoms with Gasteiger partial charge in [0.2, 0.25) is 5.91 Å². The number of likely N-dealkylation sites (tertiary alicyclic amines) is 1. The molecule has 1 N–H and O–H groups in total. The van der Waals surface area contributed by atoms with Crippen molar-refractivity contribution in [2.24, 2.45) is 5.92 Å². The Morgan fingerprint density at radius 3 is 2.56 bits per heavy atom. The maximum absolute atomic E-state index is 12.2. The summed E-state index contributed by atoms with van der Waals surface area (Å²) in [7, 11) is 0. The molecule has 0 aromatic carbocycles. The first kappa shape index (κ1) is 15.0. The number of carbonyl (C=O) groups excluding carboxylic acids is 1. The molecule has 1 saturated heterocycles. The van der Waals surface area contributed by atoms with E-state index in [4.69, 9.17) is 0 Å². The molecular weight excluding hydrogens is 230 g/mol. The fourth-order valence-corrected chi connectivity index (χ4v) is 2.79. The molecule has 1 unspecified atom stereocenters. The zero-order valence-electron chi connectivity index (χ0n) is 11.7. The second kappa shape index (κ2) is 6.21. The lowest BCUT2D eigenvalue weighted by Crippen LogP contribution is -2.53. The molecule has 4 heteroatoms. The maximum atomic E-state index is 12.2. The lowest BCUT2D eigenvalue weighted by Gasteiger charge is -2.35. The van der Waals surface area contributed by atoms with Crippen molar-refractivity contribution in [2.75, 3.05) is 6.54 Å². The van der Waals surface area contributed by atoms with Crippen molar-refractivity contribution in [1.82, 2.24) is 4.90 Å². The van der Waals surface area contributed by atoms with Crippen LogP contribution in [0.4, 0.5) is 0 Å². The molecule has 1 fully saturated rings. The van der Waals surface area contributed by atoms with Crippen LogP contribution in [0.5, 0.6) is 0 Å². The Bertz CT molecular complexity index is 314. The minimum atomic E-state index is -0.928. The van der Waals surface area contributed by atoms with Crippen LogP contribution < -0.4 is 0 Å². The smallest absolute Gasteiger partial charge is 0.329 e. The van der Waals surface area contributed by atoms with E-state index in [1.807, 2.05) is 6.92 Å². The third-order valence-corrected chi connectivity index (χ3v) is 3.79. The second-order valence-corrected chi connectivity index (χ2v) is 5.67. The van der Waals surface area contributed by atoms with Crippen LogP contribution in [0.2, 0.25) is 0 Å². The molecule has 1 heterocycles. The third kappa shape index (κ3) is 3.03. The van der Waals surface area contributed by atoms with Crippen molar-refractivity contribution in [3.05, 3.63) is 0 Å². The summed E-state index contributed by atoms with van der Waals surface area (Å²) in [6.07, 6.45) is 4.06. The molecule has 0 bridgehead atoms. The van der Waals surface area contributed by atoms with Gasteiger partial charge in [0.1, 0.15) is 5.54 Å². The van der Waals surface area contributed by atoms with Gasteiger partial charge in [-0.3, -0.25) is 4.79 Å². The molecule has 0 aromatic heterocycles. The van der Waals surface area contributed by atoms with E-state index in [2.05, 4.69) is 13.8 Å². The van der Waals surface area contributed by atoms with Crippen molar-refractivity contribution in [2.45, 2.75) is 64.8 Å². The number of amides is 1. The topological polar surface area (TPSA) is 57.6 Å². The van der Waals surface area contributed by atoms with Crippen molar-refractivity contribution < 1.29 is 14.7 Å². The molecular formula is C14H25NO3. The summed E-state index contributed by atoms with van der Waals surface area (Å²) in [4.78, 5) is 25.4. The van der Waals surface area contributed by atoms with Gasteiger partial charge >= 0.3 is 5.97 Å². The van der Waals surface area contributed by atoms with Gasteiger partial charge in [0.05, 0.1) is 0 Å². The fraction of sp³-hybridized carbons (Fsp3) is 0.857. The first-order chi connectivity index (χ1) is 8.44. The van der Waals surface area contributed by atoms with E-state index in [0.29, 0.717) is 31.7 Å². The number of nitrogens with zero attached hydrogens (tertiary/aromatic N) is 1. The Morgan fingerprint density at radius 1 is 1.39 bits per heavy atom. The van der Waals surface area contributed by atoms with Crippen LogP contribution in [-0.2, 0) is 9.59 Å². The average molecular weight is 255 g/mol. The normalized spacial score (nSPS) is 23.7. The van der Waals surface area contributed by atoms with Gasteiger partial charge in [-0.15, -0.1) is 0 Å². The zero-order chi connectivity index (χ0) is 13.8. The molecule has 4 nitrogen and oxygen atoms in total. The Hall–Kier alpha value is -1.06. The number of carboxylic acids is 1. The van der Waals surface area contributed by atoms with E-state index in [-0.39, 0.29) is 5.91 Å². The zero-order valence-corrected chi connectivity index (χ0v) is 11.7. The number of carboxylic acid groups (broad SMARTS) is 1. The number of hydrogen-bond acceptors (Lipinski definition) is 2. The van der Waals surface area contributed by atoms with E-state index in [1.54, 1.807) is 4.90 Å². The first-order valence-corrected chi connectivity index (χ1v) is 6.98. The van der Waals surface area contributed by atoms with Crippen LogP contribution in [0.1, 0.15) is 59.3 Å². The summed E-state index contributed by atoms with van der Waals surface area (Å²) in [5.74, 6) is -0.348. The minimum Gasteiger partial charge on any atom is -0.479 e. The van der Waals surface area contributed by atoms with Gasteiger partial charge in [-0.2, -0.15) is 0 Å². The first-order valence-electron chi connectivity index (χ1n) is 6.98. The monoisotopic (exact) mass is 255 g/mol. The standard InChI is InChI=1S/C14H25NO3/c1-4-8-14(13(17)18)9-5-10-15(14)12(16)7-6-11(2)3/h11H,4-10H2,1-3H3,(H,17,18). The Morgan fingerprint density at radius 2 is 2.06 bits per heavy atom. The Balaban J connectivity index is 2.78.